The largest absolute Gasteiger partial charge is 0.495 e. The van der Waals surface area contributed by atoms with Crippen LogP contribution in [0.15, 0.2) is 41.2 Å². The fourth-order valence-electron chi connectivity index (χ4n) is 1.89. The summed E-state index contributed by atoms with van der Waals surface area (Å²) in [5.41, 5.74) is 8.32. The van der Waals surface area contributed by atoms with E-state index in [1.54, 1.807) is 23.8 Å². The van der Waals surface area contributed by atoms with Crippen molar-refractivity contribution in [1.82, 2.24) is 4.57 Å². The average molecular weight is 244 g/mol. The topological polar surface area (TPSA) is 57.2 Å². The quantitative estimate of drug-likeness (QED) is 0.837. The molecular formula is C14H16N2O2. The van der Waals surface area contributed by atoms with Gasteiger partial charge in [-0.3, -0.25) is 4.79 Å². The molecule has 4 heteroatoms. The van der Waals surface area contributed by atoms with Crippen molar-refractivity contribution in [3.63, 3.8) is 0 Å². The molecule has 1 aromatic heterocycles. The minimum Gasteiger partial charge on any atom is -0.495 e. The summed E-state index contributed by atoms with van der Waals surface area (Å²) in [5, 5.41) is 0. The Morgan fingerprint density at radius 1 is 1.28 bits per heavy atom. The first kappa shape index (κ1) is 12.2. The maximum Gasteiger partial charge on any atom is 0.251 e. The number of nitrogen functional groups attached to an aromatic ring is 1. The van der Waals surface area contributed by atoms with Gasteiger partial charge in [0, 0.05) is 11.8 Å². The van der Waals surface area contributed by atoms with Crippen LogP contribution in [-0.4, -0.2) is 11.7 Å². The van der Waals surface area contributed by atoms with Gasteiger partial charge in [0.05, 0.1) is 19.3 Å². The number of nitrogens with zero attached hydrogens (tertiary/aromatic N) is 1. The Morgan fingerprint density at radius 2 is 2.06 bits per heavy atom. The van der Waals surface area contributed by atoms with Gasteiger partial charge in [-0.1, -0.05) is 12.1 Å². The number of rotatable bonds is 3. The minimum absolute atomic E-state index is 0.00982. The van der Waals surface area contributed by atoms with E-state index in [9.17, 15) is 4.79 Å². The van der Waals surface area contributed by atoms with Crippen LogP contribution in [0.1, 0.15) is 11.3 Å². The summed E-state index contributed by atoms with van der Waals surface area (Å²) in [5.74, 6) is 0.649. The van der Waals surface area contributed by atoms with Gasteiger partial charge in [-0.2, -0.15) is 0 Å². The zero-order valence-corrected chi connectivity index (χ0v) is 10.5. The number of pyridine rings is 1. The van der Waals surface area contributed by atoms with Crippen molar-refractivity contribution in [2.45, 2.75) is 13.5 Å². The molecule has 2 aromatic rings. The number of hydrogen-bond donors (Lipinski definition) is 1. The molecule has 0 amide bonds. The van der Waals surface area contributed by atoms with Crippen LogP contribution >= 0.6 is 0 Å². The van der Waals surface area contributed by atoms with Crippen molar-refractivity contribution >= 4 is 5.69 Å². The second kappa shape index (κ2) is 4.96. The number of benzene rings is 1. The Kier molecular flexibility index (Phi) is 3.37. The normalized spacial score (nSPS) is 10.3. The molecule has 0 saturated carbocycles. The fraction of sp³-hybridized carbons (Fsp3) is 0.214. The lowest BCUT2D eigenvalue weighted by Gasteiger charge is -2.11. The summed E-state index contributed by atoms with van der Waals surface area (Å²) in [6, 6.07) is 10.8. The van der Waals surface area contributed by atoms with E-state index in [0.717, 1.165) is 11.3 Å². The van der Waals surface area contributed by atoms with Crippen LogP contribution in [0.2, 0.25) is 0 Å². The molecule has 0 aliphatic carbocycles. The molecule has 0 aliphatic heterocycles. The summed E-state index contributed by atoms with van der Waals surface area (Å²) < 4.78 is 6.81. The molecule has 1 aromatic carbocycles. The zero-order valence-electron chi connectivity index (χ0n) is 10.5. The van der Waals surface area contributed by atoms with Gasteiger partial charge in [0.2, 0.25) is 0 Å². The van der Waals surface area contributed by atoms with Crippen LogP contribution in [0.25, 0.3) is 0 Å². The molecule has 0 bridgehead atoms. The molecule has 0 unspecified atom stereocenters. The third-order valence-electron chi connectivity index (χ3n) is 2.90. The second-order valence-corrected chi connectivity index (χ2v) is 4.17. The van der Waals surface area contributed by atoms with Crippen LogP contribution in [0, 0.1) is 6.92 Å². The Morgan fingerprint density at radius 3 is 2.67 bits per heavy atom. The number of hydrogen-bond acceptors (Lipinski definition) is 3. The predicted octanol–water partition coefficient (Wildman–Crippen LogP) is 1.80. The summed E-state index contributed by atoms with van der Waals surface area (Å²) in [7, 11) is 1.58. The molecule has 94 valence electrons. The Hall–Kier alpha value is -2.23. The van der Waals surface area contributed by atoms with E-state index in [-0.39, 0.29) is 5.56 Å². The Labute approximate surface area is 106 Å². The smallest absolute Gasteiger partial charge is 0.251 e. The van der Waals surface area contributed by atoms with Gasteiger partial charge >= 0.3 is 0 Å². The van der Waals surface area contributed by atoms with Gasteiger partial charge < -0.3 is 15.0 Å². The first-order valence-corrected chi connectivity index (χ1v) is 5.70. The minimum atomic E-state index is -0.00982. The van der Waals surface area contributed by atoms with E-state index >= 15 is 0 Å². The SMILES string of the molecule is COc1ccc(Cn2c(C)cccc2=O)cc1N. The molecule has 0 spiro atoms. The summed E-state index contributed by atoms with van der Waals surface area (Å²) in [6.45, 7) is 2.42. The van der Waals surface area contributed by atoms with Crippen LogP contribution in [-0.2, 0) is 6.54 Å². The van der Waals surface area contributed by atoms with E-state index in [2.05, 4.69) is 0 Å². The molecule has 2 N–H and O–H groups in total. The molecule has 0 radical (unpaired) electrons. The average Bonchev–Trinajstić information content (AvgIpc) is 2.34. The highest BCUT2D eigenvalue weighted by Crippen LogP contribution is 2.22. The molecule has 18 heavy (non-hydrogen) atoms. The highest BCUT2D eigenvalue weighted by atomic mass is 16.5. The van der Waals surface area contributed by atoms with Crippen LogP contribution in [0.4, 0.5) is 5.69 Å². The molecule has 1 heterocycles. The van der Waals surface area contributed by atoms with Gasteiger partial charge in [0.15, 0.2) is 0 Å². The van der Waals surface area contributed by atoms with Gasteiger partial charge in [-0.25, -0.2) is 0 Å². The maximum atomic E-state index is 11.8. The standard InChI is InChI=1S/C14H16N2O2/c1-10-4-3-5-14(17)16(10)9-11-6-7-13(18-2)12(15)8-11/h3-8H,9,15H2,1-2H3. The Bertz CT molecular complexity index is 617. The lowest BCUT2D eigenvalue weighted by Crippen LogP contribution is -2.21. The first-order valence-electron chi connectivity index (χ1n) is 5.70. The third-order valence-corrected chi connectivity index (χ3v) is 2.90. The van der Waals surface area contributed by atoms with Crippen molar-refractivity contribution in [2.24, 2.45) is 0 Å². The number of methoxy groups -OCH3 is 1. The molecule has 2 rings (SSSR count). The van der Waals surface area contributed by atoms with Crippen molar-refractivity contribution in [3.05, 3.63) is 58.0 Å². The van der Waals surface area contributed by atoms with Crippen LogP contribution in [0.3, 0.4) is 0 Å². The third kappa shape index (κ3) is 2.37. The van der Waals surface area contributed by atoms with Crippen molar-refractivity contribution in [2.75, 3.05) is 12.8 Å². The Balaban J connectivity index is 2.35. The lowest BCUT2D eigenvalue weighted by molar-refractivity contribution is 0.417. The van der Waals surface area contributed by atoms with Crippen LogP contribution in [0.5, 0.6) is 5.75 Å². The van der Waals surface area contributed by atoms with Gasteiger partial charge in [-0.15, -0.1) is 0 Å². The molecular weight excluding hydrogens is 228 g/mol. The van der Waals surface area contributed by atoms with Gasteiger partial charge in [-0.05, 0) is 30.7 Å². The van der Waals surface area contributed by atoms with E-state index < -0.39 is 0 Å². The highest BCUT2D eigenvalue weighted by molar-refractivity contribution is 5.54. The number of nitrogens with two attached hydrogens (primary N) is 1. The number of aromatic nitrogens is 1. The van der Waals surface area contributed by atoms with E-state index in [1.807, 2.05) is 31.2 Å². The molecule has 4 nitrogen and oxygen atoms in total. The number of aryl methyl sites for hydroxylation is 1. The maximum absolute atomic E-state index is 11.8. The van der Waals surface area contributed by atoms with Crippen LogP contribution < -0.4 is 16.0 Å². The monoisotopic (exact) mass is 244 g/mol. The first-order chi connectivity index (χ1) is 8.61. The fourth-order valence-corrected chi connectivity index (χ4v) is 1.89. The predicted molar refractivity (Wildman–Crippen MR) is 71.9 cm³/mol. The van der Waals surface area contributed by atoms with E-state index in [1.165, 1.54) is 0 Å². The van der Waals surface area contributed by atoms with Crippen molar-refractivity contribution in [3.8, 4) is 5.75 Å². The molecule has 0 saturated heterocycles. The molecule has 0 fully saturated rings. The van der Waals surface area contributed by atoms with Crippen molar-refractivity contribution < 1.29 is 4.74 Å². The van der Waals surface area contributed by atoms with Crippen molar-refractivity contribution in [1.29, 1.82) is 0 Å². The van der Waals surface area contributed by atoms with Gasteiger partial charge in [0.1, 0.15) is 5.75 Å². The number of anilines is 1. The summed E-state index contributed by atoms with van der Waals surface area (Å²) >= 11 is 0. The highest BCUT2D eigenvalue weighted by Gasteiger charge is 2.04. The van der Waals surface area contributed by atoms with E-state index in [4.69, 9.17) is 10.5 Å². The summed E-state index contributed by atoms with van der Waals surface area (Å²) in [6.07, 6.45) is 0. The van der Waals surface area contributed by atoms with E-state index in [0.29, 0.717) is 18.0 Å². The molecule has 0 aliphatic rings. The molecule has 0 atom stereocenters. The zero-order chi connectivity index (χ0) is 13.1. The lowest BCUT2D eigenvalue weighted by atomic mass is 10.2. The van der Waals surface area contributed by atoms with Gasteiger partial charge in [0.25, 0.3) is 5.56 Å². The second-order valence-electron chi connectivity index (χ2n) is 4.17. The number of ether oxygens (including phenoxy) is 1. The summed E-state index contributed by atoms with van der Waals surface area (Å²) in [4.78, 5) is 11.8.